The molecule has 0 fully saturated rings. The van der Waals surface area contributed by atoms with Crippen molar-refractivity contribution in [1.82, 2.24) is 15.2 Å². The van der Waals surface area contributed by atoms with Crippen LogP contribution >= 0.6 is 0 Å². The monoisotopic (exact) mass is 435 g/mol. The van der Waals surface area contributed by atoms with Gasteiger partial charge in [0, 0.05) is 30.3 Å². The lowest BCUT2D eigenvalue weighted by Crippen LogP contribution is -2.41. The lowest BCUT2D eigenvalue weighted by molar-refractivity contribution is 0.0846. The molecule has 0 saturated carbocycles. The Balaban J connectivity index is 2.15. The van der Waals surface area contributed by atoms with Gasteiger partial charge in [-0.2, -0.15) is 4.31 Å². The highest BCUT2D eigenvalue weighted by Crippen LogP contribution is 2.22. The number of carbonyl (C=O) groups excluding carboxylic acids is 2. The highest BCUT2D eigenvalue weighted by atomic mass is 32.2. The van der Waals surface area contributed by atoms with E-state index >= 15 is 0 Å². The van der Waals surface area contributed by atoms with E-state index in [1.54, 1.807) is 19.9 Å². The molecule has 0 aliphatic rings. The maximum Gasteiger partial charge on any atom is 0.269 e. The number of sulfonamides is 1. The molecule has 162 valence electrons. The number of hydrogen-bond donors (Lipinski definition) is 2. The zero-order valence-electron chi connectivity index (χ0n) is 17.4. The van der Waals surface area contributed by atoms with Crippen molar-refractivity contribution in [2.24, 2.45) is 0 Å². The predicted octanol–water partition coefficient (Wildman–Crippen LogP) is 1.81. The normalized spacial score (nSPS) is 11.3. The van der Waals surface area contributed by atoms with Gasteiger partial charge in [-0.25, -0.2) is 8.42 Å². The largest absolute Gasteiger partial charge is 0.497 e. The minimum Gasteiger partial charge on any atom is -0.497 e. The maximum atomic E-state index is 12.6. The first-order chi connectivity index (χ1) is 14.1. The summed E-state index contributed by atoms with van der Waals surface area (Å²) in [4.78, 5) is 24.8. The van der Waals surface area contributed by atoms with E-state index in [9.17, 15) is 18.0 Å². The van der Waals surface area contributed by atoms with Crippen LogP contribution in [0.3, 0.4) is 0 Å². The van der Waals surface area contributed by atoms with Crippen molar-refractivity contribution in [3.05, 3.63) is 53.6 Å². The van der Waals surface area contributed by atoms with Crippen LogP contribution < -0.4 is 20.3 Å². The third-order valence-electron chi connectivity index (χ3n) is 4.40. The molecule has 0 unspecified atom stereocenters. The predicted molar refractivity (Wildman–Crippen MR) is 111 cm³/mol. The van der Waals surface area contributed by atoms with Gasteiger partial charge in [0.25, 0.3) is 11.8 Å². The van der Waals surface area contributed by atoms with E-state index in [0.29, 0.717) is 11.5 Å². The molecule has 0 heterocycles. The van der Waals surface area contributed by atoms with Crippen molar-refractivity contribution >= 4 is 21.8 Å². The SMILES string of the molecule is COc1cc(OC)cc(C(=O)NNC(=O)c2cccc(S(=O)(=O)N(C)C(C)C)c2)c1. The summed E-state index contributed by atoms with van der Waals surface area (Å²) in [6.07, 6.45) is 0. The fourth-order valence-corrected chi connectivity index (χ4v) is 3.85. The van der Waals surface area contributed by atoms with Crippen molar-refractivity contribution < 1.29 is 27.5 Å². The average Bonchev–Trinajstić information content (AvgIpc) is 2.75. The molecule has 0 atom stereocenters. The van der Waals surface area contributed by atoms with Crippen molar-refractivity contribution in [2.75, 3.05) is 21.3 Å². The molecule has 2 rings (SSSR count). The first-order valence-electron chi connectivity index (χ1n) is 9.02. The second kappa shape index (κ2) is 9.59. The first kappa shape index (κ1) is 23.2. The molecule has 0 aromatic heterocycles. The Morgan fingerprint density at radius 3 is 1.93 bits per heavy atom. The summed E-state index contributed by atoms with van der Waals surface area (Å²) >= 11 is 0. The zero-order valence-corrected chi connectivity index (χ0v) is 18.2. The van der Waals surface area contributed by atoms with Gasteiger partial charge in [-0.3, -0.25) is 20.4 Å². The highest BCUT2D eigenvalue weighted by Gasteiger charge is 2.24. The Kier molecular flexibility index (Phi) is 7.41. The van der Waals surface area contributed by atoms with Crippen LogP contribution in [0.25, 0.3) is 0 Å². The minimum absolute atomic E-state index is 0.0183. The van der Waals surface area contributed by atoms with Gasteiger partial charge in [-0.15, -0.1) is 0 Å². The number of amides is 2. The number of nitrogens with zero attached hydrogens (tertiary/aromatic N) is 1. The lowest BCUT2D eigenvalue weighted by atomic mass is 10.2. The molecule has 0 bridgehead atoms. The summed E-state index contributed by atoms with van der Waals surface area (Å²) in [5, 5.41) is 0. The Morgan fingerprint density at radius 1 is 0.900 bits per heavy atom. The zero-order chi connectivity index (χ0) is 22.5. The van der Waals surface area contributed by atoms with Crippen LogP contribution in [0.1, 0.15) is 34.6 Å². The van der Waals surface area contributed by atoms with Crippen LogP contribution in [0.15, 0.2) is 47.4 Å². The first-order valence-corrected chi connectivity index (χ1v) is 10.5. The van der Waals surface area contributed by atoms with Crippen molar-refractivity contribution in [1.29, 1.82) is 0 Å². The third kappa shape index (κ3) is 5.28. The van der Waals surface area contributed by atoms with E-state index < -0.39 is 21.8 Å². The molecule has 2 aromatic carbocycles. The summed E-state index contributed by atoms with van der Waals surface area (Å²) in [6, 6.07) is 9.91. The van der Waals surface area contributed by atoms with E-state index in [-0.39, 0.29) is 22.1 Å². The van der Waals surface area contributed by atoms with Crippen LogP contribution in [0.5, 0.6) is 11.5 Å². The van der Waals surface area contributed by atoms with Gasteiger partial charge in [0.1, 0.15) is 11.5 Å². The molecule has 2 aromatic rings. The molecule has 0 aliphatic heterocycles. The lowest BCUT2D eigenvalue weighted by Gasteiger charge is -2.21. The van der Waals surface area contributed by atoms with Gasteiger partial charge in [0.05, 0.1) is 19.1 Å². The maximum absolute atomic E-state index is 12.6. The van der Waals surface area contributed by atoms with Crippen LogP contribution in [0, 0.1) is 0 Å². The Labute approximate surface area is 176 Å². The average molecular weight is 436 g/mol. The molecule has 30 heavy (non-hydrogen) atoms. The second-order valence-corrected chi connectivity index (χ2v) is 8.65. The number of benzene rings is 2. The van der Waals surface area contributed by atoms with E-state index in [1.165, 1.54) is 62.0 Å². The van der Waals surface area contributed by atoms with Crippen LogP contribution in [0.2, 0.25) is 0 Å². The summed E-state index contributed by atoms with van der Waals surface area (Å²) in [5.74, 6) is -0.428. The molecule has 9 nitrogen and oxygen atoms in total. The number of methoxy groups -OCH3 is 2. The molecule has 0 radical (unpaired) electrons. The number of hydrogen-bond acceptors (Lipinski definition) is 6. The van der Waals surface area contributed by atoms with Gasteiger partial charge in [0.2, 0.25) is 10.0 Å². The number of rotatable bonds is 7. The van der Waals surface area contributed by atoms with E-state index in [2.05, 4.69) is 10.9 Å². The molecule has 0 aliphatic carbocycles. The highest BCUT2D eigenvalue weighted by molar-refractivity contribution is 7.89. The minimum atomic E-state index is -3.75. The molecular formula is C20H25N3O6S. The molecule has 2 amide bonds. The van der Waals surface area contributed by atoms with Crippen LogP contribution in [-0.2, 0) is 10.0 Å². The Bertz CT molecular complexity index is 1010. The fourth-order valence-electron chi connectivity index (χ4n) is 2.44. The van der Waals surface area contributed by atoms with E-state index in [0.717, 1.165) is 0 Å². The Morgan fingerprint density at radius 2 is 1.43 bits per heavy atom. The van der Waals surface area contributed by atoms with E-state index in [4.69, 9.17) is 9.47 Å². The smallest absolute Gasteiger partial charge is 0.269 e. The van der Waals surface area contributed by atoms with Crippen LogP contribution in [0.4, 0.5) is 0 Å². The fraction of sp³-hybridized carbons (Fsp3) is 0.300. The van der Waals surface area contributed by atoms with Crippen LogP contribution in [-0.4, -0.2) is 51.8 Å². The summed E-state index contributed by atoms with van der Waals surface area (Å²) in [7, 11) is 0.631. The van der Waals surface area contributed by atoms with Gasteiger partial charge in [-0.1, -0.05) is 6.07 Å². The van der Waals surface area contributed by atoms with Crippen molar-refractivity contribution in [2.45, 2.75) is 24.8 Å². The van der Waals surface area contributed by atoms with Gasteiger partial charge in [0.15, 0.2) is 0 Å². The van der Waals surface area contributed by atoms with Crippen molar-refractivity contribution in [3.63, 3.8) is 0 Å². The quantitative estimate of drug-likeness (QED) is 0.641. The van der Waals surface area contributed by atoms with Gasteiger partial charge >= 0.3 is 0 Å². The van der Waals surface area contributed by atoms with E-state index in [1.807, 2.05) is 0 Å². The summed E-state index contributed by atoms with van der Waals surface area (Å²) in [6.45, 7) is 3.49. The van der Waals surface area contributed by atoms with Crippen molar-refractivity contribution in [3.8, 4) is 11.5 Å². The number of carbonyl (C=O) groups is 2. The summed E-state index contributed by atoms with van der Waals surface area (Å²) in [5.41, 5.74) is 4.85. The summed E-state index contributed by atoms with van der Waals surface area (Å²) < 4.78 is 36.7. The molecule has 10 heteroatoms. The van der Waals surface area contributed by atoms with Gasteiger partial charge < -0.3 is 9.47 Å². The Hall–Kier alpha value is -3.11. The second-order valence-electron chi connectivity index (χ2n) is 6.65. The number of ether oxygens (including phenoxy) is 2. The molecule has 0 saturated heterocycles. The third-order valence-corrected chi connectivity index (χ3v) is 6.43. The number of nitrogens with one attached hydrogen (secondary N) is 2. The molecule has 0 spiro atoms. The number of hydrazine groups is 1. The topological polar surface area (TPSA) is 114 Å². The molecule has 2 N–H and O–H groups in total. The molecular weight excluding hydrogens is 410 g/mol. The van der Waals surface area contributed by atoms with Gasteiger partial charge in [-0.05, 0) is 44.2 Å². The standard InChI is InChI=1S/C20H25N3O6S/c1-13(2)23(3)30(26,27)18-8-6-7-14(11-18)19(24)21-22-20(25)15-9-16(28-4)12-17(10-15)29-5/h6-13H,1-5H3,(H,21,24)(H,22,25).